The number of nitrogens with one attached hydrogen (secondary N) is 1. The molecule has 2 aromatic carbocycles. The number of hydrogen-bond acceptors (Lipinski definition) is 2. The lowest BCUT2D eigenvalue weighted by atomic mass is 9.96. The van der Waals surface area contributed by atoms with Gasteiger partial charge in [0, 0.05) is 17.6 Å². The van der Waals surface area contributed by atoms with Crippen LogP contribution < -0.4 is 5.32 Å². The molecular formula is C18H18N2. The van der Waals surface area contributed by atoms with Crippen molar-refractivity contribution < 1.29 is 0 Å². The van der Waals surface area contributed by atoms with Gasteiger partial charge in [-0.3, -0.25) is 4.98 Å². The molecule has 3 aromatic rings. The minimum Gasteiger partial charge on any atom is -0.313 e. The molecule has 100 valence electrons. The summed E-state index contributed by atoms with van der Waals surface area (Å²) < 4.78 is 0. The summed E-state index contributed by atoms with van der Waals surface area (Å²) in [7, 11) is 2.02. The maximum Gasteiger partial charge on any atom is 0.0705 e. The molecule has 0 fully saturated rings. The molecule has 0 saturated heterocycles. The molecule has 2 nitrogen and oxygen atoms in total. The van der Waals surface area contributed by atoms with E-state index in [4.69, 9.17) is 0 Å². The highest BCUT2D eigenvalue weighted by atomic mass is 14.9. The first-order valence-electron chi connectivity index (χ1n) is 6.93. The molecule has 0 amide bonds. The van der Waals surface area contributed by atoms with E-state index in [2.05, 4.69) is 64.9 Å². The zero-order valence-electron chi connectivity index (χ0n) is 11.6. The van der Waals surface area contributed by atoms with Crippen LogP contribution in [0.1, 0.15) is 17.2 Å². The topological polar surface area (TPSA) is 24.9 Å². The SMILES string of the molecule is CNC(Cc1ccccc1)c1ccnc2ccccc12. The second kappa shape index (κ2) is 5.85. The van der Waals surface area contributed by atoms with Gasteiger partial charge in [-0.05, 0) is 36.7 Å². The summed E-state index contributed by atoms with van der Waals surface area (Å²) in [6.07, 6.45) is 2.87. The van der Waals surface area contributed by atoms with E-state index >= 15 is 0 Å². The third-order valence-electron chi connectivity index (χ3n) is 3.69. The Labute approximate surface area is 119 Å². The highest BCUT2D eigenvalue weighted by Gasteiger charge is 2.13. The van der Waals surface area contributed by atoms with E-state index in [1.165, 1.54) is 16.5 Å². The summed E-state index contributed by atoms with van der Waals surface area (Å²) in [6, 6.07) is 21.3. The Morgan fingerprint density at radius 2 is 1.70 bits per heavy atom. The molecule has 0 aliphatic carbocycles. The molecule has 1 unspecified atom stereocenters. The lowest BCUT2D eigenvalue weighted by molar-refractivity contribution is 0.596. The first-order valence-corrected chi connectivity index (χ1v) is 6.93. The highest BCUT2D eigenvalue weighted by molar-refractivity contribution is 5.82. The van der Waals surface area contributed by atoms with Gasteiger partial charge in [0.2, 0.25) is 0 Å². The number of para-hydroxylation sites is 1. The van der Waals surface area contributed by atoms with Gasteiger partial charge in [0.05, 0.1) is 5.52 Å². The van der Waals surface area contributed by atoms with Gasteiger partial charge in [0.15, 0.2) is 0 Å². The predicted molar refractivity (Wildman–Crippen MR) is 83.7 cm³/mol. The van der Waals surface area contributed by atoms with Crippen molar-refractivity contribution >= 4 is 10.9 Å². The first-order chi connectivity index (χ1) is 9.88. The first kappa shape index (κ1) is 12.8. The standard InChI is InChI=1S/C18H18N2/c1-19-18(13-14-7-3-2-4-8-14)16-11-12-20-17-10-6-5-9-15(16)17/h2-12,18-19H,13H2,1H3. The van der Waals surface area contributed by atoms with Crippen molar-refractivity contribution in [3.8, 4) is 0 Å². The van der Waals surface area contributed by atoms with Gasteiger partial charge >= 0.3 is 0 Å². The Balaban J connectivity index is 1.99. The Kier molecular flexibility index (Phi) is 3.75. The molecule has 1 aromatic heterocycles. The van der Waals surface area contributed by atoms with E-state index in [1.54, 1.807) is 0 Å². The average Bonchev–Trinajstić information content (AvgIpc) is 2.53. The fourth-order valence-corrected chi connectivity index (χ4v) is 2.64. The van der Waals surface area contributed by atoms with E-state index in [9.17, 15) is 0 Å². The molecule has 0 bridgehead atoms. The van der Waals surface area contributed by atoms with Crippen LogP contribution in [0.3, 0.4) is 0 Å². The molecule has 0 aliphatic heterocycles. The summed E-state index contributed by atoms with van der Waals surface area (Å²) in [5.74, 6) is 0. The summed E-state index contributed by atoms with van der Waals surface area (Å²) in [4.78, 5) is 4.44. The number of likely N-dealkylation sites (N-methyl/N-ethyl adjacent to an activating group) is 1. The maximum absolute atomic E-state index is 4.44. The highest BCUT2D eigenvalue weighted by Crippen LogP contribution is 2.25. The molecule has 2 heteroatoms. The van der Waals surface area contributed by atoms with Crippen molar-refractivity contribution in [1.82, 2.24) is 10.3 Å². The Morgan fingerprint density at radius 1 is 0.950 bits per heavy atom. The smallest absolute Gasteiger partial charge is 0.0705 e. The number of rotatable bonds is 4. The molecule has 0 spiro atoms. The number of pyridine rings is 1. The minimum atomic E-state index is 0.297. The fraction of sp³-hybridized carbons (Fsp3) is 0.167. The van der Waals surface area contributed by atoms with Gasteiger partial charge in [-0.25, -0.2) is 0 Å². The van der Waals surface area contributed by atoms with E-state index in [-0.39, 0.29) is 0 Å². The van der Waals surface area contributed by atoms with E-state index in [0.29, 0.717) is 6.04 Å². The third-order valence-corrected chi connectivity index (χ3v) is 3.69. The zero-order valence-corrected chi connectivity index (χ0v) is 11.6. The van der Waals surface area contributed by atoms with Gasteiger partial charge < -0.3 is 5.32 Å². The molecule has 0 radical (unpaired) electrons. The van der Waals surface area contributed by atoms with Crippen molar-refractivity contribution in [2.45, 2.75) is 12.5 Å². The van der Waals surface area contributed by atoms with Gasteiger partial charge in [-0.15, -0.1) is 0 Å². The lowest BCUT2D eigenvalue weighted by Gasteiger charge is -2.18. The van der Waals surface area contributed by atoms with Crippen LogP contribution >= 0.6 is 0 Å². The zero-order chi connectivity index (χ0) is 13.8. The van der Waals surface area contributed by atoms with Crippen LogP contribution in [-0.2, 0) is 6.42 Å². The van der Waals surface area contributed by atoms with Crippen LogP contribution in [0, 0.1) is 0 Å². The van der Waals surface area contributed by atoms with Crippen LogP contribution in [0.5, 0.6) is 0 Å². The monoisotopic (exact) mass is 262 g/mol. The number of fused-ring (bicyclic) bond motifs is 1. The number of benzene rings is 2. The van der Waals surface area contributed by atoms with Crippen LogP contribution in [-0.4, -0.2) is 12.0 Å². The second-order valence-corrected chi connectivity index (χ2v) is 4.95. The van der Waals surface area contributed by atoms with Crippen molar-refractivity contribution in [2.24, 2.45) is 0 Å². The molecule has 3 rings (SSSR count). The number of aromatic nitrogens is 1. The van der Waals surface area contributed by atoms with Crippen LogP contribution in [0.25, 0.3) is 10.9 Å². The van der Waals surface area contributed by atoms with Crippen molar-refractivity contribution in [1.29, 1.82) is 0 Å². The molecule has 1 atom stereocenters. The number of nitrogens with zero attached hydrogens (tertiary/aromatic N) is 1. The lowest BCUT2D eigenvalue weighted by Crippen LogP contribution is -2.19. The van der Waals surface area contributed by atoms with Crippen molar-refractivity contribution in [3.63, 3.8) is 0 Å². The maximum atomic E-state index is 4.44. The summed E-state index contributed by atoms with van der Waals surface area (Å²) in [5, 5.41) is 4.66. The Morgan fingerprint density at radius 3 is 2.50 bits per heavy atom. The molecule has 1 N–H and O–H groups in total. The van der Waals surface area contributed by atoms with Crippen molar-refractivity contribution in [3.05, 3.63) is 78.0 Å². The Hall–Kier alpha value is -2.19. The Bertz CT molecular complexity index is 687. The predicted octanol–water partition coefficient (Wildman–Crippen LogP) is 3.74. The fourth-order valence-electron chi connectivity index (χ4n) is 2.64. The normalized spacial score (nSPS) is 12.4. The van der Waals surface area contributed by atoms with Gasteiger partial charge in [-0.2, -0.15) is 0 Å². The van der Waals surface area contributed by atoms with Crippen LogP contribution in [0.15, 0.2) is 66.9 Å². The minimum absolute atomic E-state index is 0.297. The summed E-state index contributed by atoms with van der Waals surface area (Å²) >= 11 is 0. The molecule has 1 heterocycles. The van der Waals surface area contributed by atoms with E-state index in [1.807, 2.05) is 19.3 Å². The molecule has 0 saturated carbocycles. The van der Waals surface area contributed by atoms with Gasteiger partial charge in [0.25, 0.3) is 0 Å². The summed E-state index contributed by atoms with van der Waals surface area (Å²) in [5.41, 5.74) is 3.70. The van der Waals surface area contributed by atoms with Gasteiger partial charge in [-0.1, -0.05) is 48.5 Å². The average molecular weight is 262 g/mol. The van der Waals surface area contributed by atoms with E-state index in [0.717, 1.165) is 11.9 Å². The quantitative estimate of drug-likeness (QED) is 0.774. The molecular weight excluding hydrogens is 244 g/mol. The molecule has 20 heavy (non-hydrogen) atoms. The van der Waals surface area contributed by atoms with Gasteiger partial charge in [0.1, 0.15) is 0 Å². The van der Waals surface area contributed by atoms with E-state index < -0.39 is 0 Å². The third kappa shape index (κ3) is 2.56. The number of hydrogen-bond donors (Lipinski definition) is 1. The largest absolute Gasteiger partial charge is 0.313 e. The van der Waals surface area contributed by atoms with Crippen LogP contribution in [0.4, 0.5) is 0 Å². The summed E-state index contributed by atoms with van der Waals surface area (Å²) in [6.45, 7) is 0. The molecule has 0 aliphatic rings. The second-order valence-electron chi connectivity index (χ2n) is 4.95. The van der Waals surface area contributed by atoms with Crippen LogP contribution in [0.2, 0.25) is 0 Å². The van der Waals surface area contributed by atoms with Crippen molar-refractivity contribution in [2.75, 3.05) is 7.05 Å².